The Balaban J connectivity index is 1.79. The van der Waals surface area contributed by atoms with Crippen molar-refractivity contribution in [3.05, 3.63) is 59.0 Å². The maximum absolute atomic E-state index is 12.9. The summed E-state index contributed by atoms with van der Waals surface area (Å²) in [5, 5.41) is 2.91. The topological polar surface area (TPSA) is 82.9 Å². The van der Waals surface area contributed by atoms with Crippen LogP contribution in [0.4, 0.5) is 18.0 Å². The highest BCUT2D eigenvalue weighted by Gasteiger charge is 2.50. The highest BCUT2D eigenvalue weighted by atomic mass is 35.5. The smallest absolute Gasteiger partial charge is 0.406 e. The number of alkyl halides is 3. The summed E-state index contributed by atoms with van der Waals surface area (Å²) in [7, 11) is 0. The van der Waals surface area contributed by atoms with Crippen LogP contribution in [0.3, 0.4) is 0 Å². The number of rotatable bonds is 6. The van der Waals surface area contributed by atoms with E-state index in [4.69, 9.17) is 16.0 Å². The minimum absolute atomic E-state index is 0.135. The van der Waals surface area contributed by atoms with Gasteiger partial charge in [-0.3, -0.25) is 14.5 Å². The quantitative estimate of drug-likeness (QED) is 0.694. The van der Waals surface area contributed by atoms with Gasteiger partial charge in [-0.1, -0.05) is 23.7 Å². The molecule has 3 rings (SSSR count). The molecule has 1 atom stereocenters. The molecular formula is C19H17ClF3N3O4. The highest BCUT2D eigenvalue weighted by Crippen LogP contribution is 2.30. The minimum atomic E-state index is -4.67. The maximum atomic E-state index is 12.9. The van der Waals surface area contributed by atoms with Crippen molar-refractivity contribution >= 4 is 29.4 Å². The molecule has 11 heteroatoms. The number of halogens is 4. The lowest BCUT2D eigenvalue weighted by atomic mass is 9.92. The van der Waals surface area contributed by atoms with Crippen molar-refractivity contribution in [1.29, 1.82) is 0 Å². The fraction of sp³-hybridized carbons (Fsp3) is 0.316. The van der Waals surface area contributed by atoms with Gasteiger partial charge in [0.25, 0.3) is 5.91 Å². The molecule has 4 amide bonds. The van der Waals surface area contributed by atoms with E-state index in [1.54, 1.807) is 12.1 Å². The van der Waals surface area contributed by atoms with Gasteiger partial charge in [0, 0.05) is 5.02 Å². The predicted molar refractivity (Wildman–Crippen MR) is 99.2 cm³/mol. The lowest BCUT2D eigenvalue weighted by molar-refractivity contribution is -0.163. The molecule has 0 radical (unpaired) electrons. The maximum Gasteiger partial charge on any atom is 0.406 e. The Kier molecular flexibility index (Phi) is 5.80. The number of imide groups is 1. The molecule has 2 aromatic rings. The first-order valence-corrected chi connectivity index (χ1v) is 9.14. The van der Waals surface area contributed by atoms with Crippen LogP contribution in [0.15, 0.2) is 47.1 Å². The number of urea groups is 1. The number of hydrogen-bond donors (Lipinski definition) is 1. The van der Waals surface area contributed by atoms with Crippen molar-refractivity contribution < 1.29 is 32.0 Å². The van der Waals surface area contributed by atoms with Crippen LogP contribution in [0.5, 0.6) is 0 Å². The van der Waals surface area contributed by atoms with E-state index < -0.39 is 49.2 Å². The van der Waals surface area contributed by atoms with Gasteiger partial charge in [-0.05, 0) is 36.8 Å². The van der Waals surface area contributed by atoms with E-state index in [-0.39, 0.29) is 5.76 Å². The van der Waals surface area contributed by atoms with Crippen LogP contribution in [-0.4, -0.2) is 46.9 Å². The predicted octanol–water partition coefficient (Wildman–Crippen LogP) is 3.29. The summed E-state index contributed by atoms with van der Waals surface area (Å²) in [5.74, 6) is -1.67. The number of amides is 4. The monoisotopic (exact) mass is 443 g/mol. The molecular weight excluding hydrogens is 427 g/mol. The molecule has 1 aromatic heterocycles. The summed E-state index contributed by atoms with van der Waals surface area (Å²) in [6.45, 7) is -1.41. The largest absolute Gasteiger partial charge is 0.467 e. The van der Waals surface area contributed by atoms with Crippen LogP contribution in [0.2, 0.25) is 5.02 Å². The van der Waals surface area contributed by atoms with E-state index in [1.165, 1.54) is 37.5 Å². The zero-order valence-electron chi connectivity index (χ0n) is 15.7. The third-order valence-electron chi connectivity index (χ3n) is 4.64. The first-order valence-electron chi connectivity index (χ1n) is 8.77. The first-order chi connectivity index (χ1) is 14.0. The molecule has 1 aliphatic rings. The van der Waals surface area contributed by atoms with Gasteiger partial charge >= 0.3 is 12.2 Å². The second kappa shape index (κ2) is 8.02. The summed E-state index contributed by atoms with van der Waals surface area (Å²) in [6, 6.07) is 8.16. The first kappa shape index (κ1) is 21.7. The second-order valence-electron chi connectivity index (χ2n) is 6.90. The Morgan fingerprint density at radius 2 is 1.90 bits per heavy atom. The lowest BCUT2D eigenvalue weighted by Gasteiger charge is -2.25. The molecule has 2 heterocycles. The van der Waals surface area contributed by atoms with Gasteiger partial charge in [-0.15, -0.1) is 0 Å². The van der Waals surface area contributed by atoms with Gasteiger partial charge in [0.05, 0.1) is 12.8 Å². The fourth-order valence-corrected chi connectivity index (χ4v) is 3.22. The van der Waals surface area contributed by atoms with E-state index in [0.29, 0.717) is 20.4 Å². The van der Waals surface area contributed by atoms with Gasteiger partial charge in [-0.2, -0.15) is 13.2 Å². The van der Waals surface area contributed by atoms with Crippen molar-refractivity contribution in [2.75, 3.05) is 13.1 Å². The normalized spacial score (nSPS) is 19.2. The van der Waals surface area contributed by atoms with Gasteiger partial charge < -0.3 is 14.6 Å². The summed E-state index contributed by atoms with van der Waals surface area (Å²) in [6.07, 6.45) is -3.40. The summed E-state index contributed by atoms with van der Waals surface area (Å²) >= 11 is 5.84. The average molecular weight is 444 g/mol. The number of carbonyl (C=O) groups is 3. The highest BCUT2D eigenvalue weighted by molar-refractivity contribution is 6.30. The third-order valence-corrected chi connectivity index (χ3v) is 4.89. The van der Waals surface area contributed by atoms with Crippen LogP contribution in [0.25, 0.3) is 0 Å². The number of nitrogens with one attached hydrogen (secondary N) is 1. The van der Waals surface area contributed by atoms with E-state index in [1.807, 2.05) is 0 Å². The van der Waals surface area contributed by atoms with Crippen molar-refractivity contribution in [2.24, 2.45) is 0 Å². The van der Waals surface area contributed by atoms with E-state index in [0.717, 1.165) is 0 Å². The molecule has 0 bridgehead atoms. The lowest BCUT2D eigenvalue weighted by Crippen LogP contribution is -2.46. The molecule has 0 spiro atoms. The van der Waals surface area contributed by atoms with Crippen molar-refractivity contribution in [2.45, 2.75) is 25.2 Å². The van der Waals surface area contributed by atoms with Crippen LogP contribution < -0.4 is 5.32 Å². The number of furan rings is 1. The molecule has 1 saturated heterocycles. The van der Waals surface area contributed by atoms with Gasteiger partial charge in [0.1, 0.15) is 24.4 Å². The summed E-state index contributed by atoms with van der Waals surface area (Å²) in [4.78, 5) is 38.9. The van der Waals surface area contributed by atoms with Gasteiger partial charge in [0.15, 0.2) is 0 Å². The molecule has 30 heavy (non-hydrogen) atoms. The average Bonchev–Trinajstić information content (AvgIpc) is 3.23. The second-order valence-corrected chi connectivity index (χ2v) is 7.33. The standard InChI is InChI=1S/C19H17ClF3N3O4/c1-18(12-4-6-13(20)7-5-12)16(28)26(17(29)24-18)10-15(27)25(11-19(21,22)23)9-14-3-2-8-30-14/h2-8H,9-11H2,1H3,(H,24,29). The molecule has 0 saturated carbocycles. The van der Waals surface area contributed by atoms with Crippen molar-refractivity contribution in [1.82, 2.24) is 15.1 Å². The van der Waals surface area contributed by atoms with E-state index >= 15 is 0 Å². The number of nitrogens with zero attached hydrogens (tertiary/aromatic N) is 2. The van der Waals surface area contributed by atoms with E-state index in [2.05, 4.69) is 5.32 Å². The molecule has 1 aromatic carbocycles. The number of hydrogen-bond acceptors (Lipinski definition) is 4. The Morgan fingerprint density at radius 1 is 1.23 bits per heavy atom. The van der Waals surface area contributed by atoms with Crippen LogP contribution in [0.1, 0.15) is 18.2 Å². The third kappa shape index (κ3) is 4.59. The molecule has 1 fully saturated rings. The van der Waals surface area contributed by atoms with Crippen LogP contribution in [-0.2, 0) is 21.7 Å². The Morgan fingerprint density at radius 3 is 2.47 bits per heavy atom. The summed E-state index contributed by atoms with van der Waals surface area (Å²) < 4.78 is 43.8. The molecule has 1 aliphatic heterocycles. The number of carbonyl (C=O) groups excluding carboxylic acids is 3. The van der Waals surface area contributed by atoms with Crippen molar-refractivity contribution in [3.8, 4) is 0 Å². The van der Waals surface area contributed by atoms with Gasteiger partial charge in [0.2, 0.25) is 5.91 Å². The fourth-order valence-electron chi connectivity index (χ4n) is 3.09. The number of benzene rings is 1. The Labute approximate surface area is 174 Å². The molecule has 160 valence electrons. The molecule has 1 unspecified atom stereocenters. The molecule has 1 N–H and O–H groups in total. The van der Waals surface area contributed by atoms with Crippen molar-refractivity contribution in [3.63, 3.8) is 0 Å². The molecule has 7 nitrogen and oxygen atoms in total. The van der Waals surface area contributed by atoms with Gasteiger partial charge in [-0.25, -0.2) is 4.79 Å². The Hall–Kier alpha value is -3.01. The zero-order chi connectivity index (χ0) is 22.1. The van der Waals surface area contributed by atoms with E-state index in [9.17, 15) is 27.6 Å². The van der Waals surface area contributed by atoms with Crippen LogP contribution >= 0.6 is 11.6 Å². The minimum Gasteiger partial charge on any atom is -0.467 e. The Bertz CT molecular complexity index is 947. The zero-order valence-corrected chi connectivity index (χ0v) is 16.5. The SMILES string of the molecule is CC1(c2ccc(Cl)cc2)NC(=O)N(CC(=O)N(Cc2ccco2)CC(F)(F)F)C1=O. The summed E-state index contributed by atoms with van der Waals surface area (Å²) in [5.41, 5.74) is -1.06. The van der Waals surface area contributed by atoms with Crippen LogP contribution in [0, 0.1) is 0 Å². The molecule has 0 aliphatic carbocycles.